The molecule has 1 N–H and O–H groups in total. The number of nitrogens with zero attached hydrogens (tertiary/aromatic N) is 2. The van der Waals surface area contributed by atoms with Gasteiger partial charge in [-0.3, -0.25) is 14.5 Å². The number of ketones is 1. The highest BCUT2D eigenvalue weighted by molar-refractivity contribution is 7.91. The molecule has 0 spiro atoms. The number of hydrogen-bond donors (Lipinski definition) is 1. The van der Waals surface area contributed by atoms with Crippen molar-refractivity contribution in [2.24, 2.45) is 0 Å². The van der Waals surface area contributed by atoms with Crippen molar-refractivity contribution in [2.75, 3.05) is 18.1 Å². The minimum atomic E-state index is -3.08. The average molecular weight is 484 g/mol. The molecule has 0 bridgehead atoms. The van der Waals surface area contributed by atoms with Crippen LogP contribution in [0.2, 0.25) is 0 Å². The molecule has 2 aromatic rings. The highest BCUT2D eigenvalue weighted by Crippen LogP contribution is 2.33. The van der Waals surface area contributed by atoms with Crippen LogP contribution < -0.4 is 5.32 Å². The Hall–Kier alpha value is -2.94. The van der Waals surface area contributed by atoms with Crippen molar-refractivity contribution < 1.29 is 22.8 Å². The van der Waals surface area contributed by atoms with E-state index < -0.39 is 27.3 Å². The number of Topliss-reactive ketones (excluding diaryl/α,β-unsaturated/α-hetero) is 1. The summed E-state index contributed by atoms with van der Waals surface area (Å²) < 4.78 is 25.8. The minimum Gasteiger partial charge on any atom is -0.344 e. The molecule has 2 aliphatic heterocycles. The fourth-order valence-corrected chi connectivity index (χ4v) is 7.45. The first kappa shape index (κ1) is 22.8. The Labute approximate surface area is 199 Å². The second kappa shape index (κ2) is 7.80. The van der Waals surface area contributed by atoms with Gasteiger partial charge in [-0.25, -0.2) is 13.2 Å². The Kier molecular flexibility index (Phi) is 5.24. The molecular weight excluding hydrogens is 454 g/mol. The zero-order valence-electron chi connectivity index (χ0n) is 19.7. The predicted octanol–water partition coefficient (Wildman–Crippen LogP) is 2.60. The minimum absolute atomic E-state index is 0.0587. The fraction of sp³-hybridized carbons (Fsp3) is 0.480. The largest absolute Gasteiger partial charge is 0.344 e. The summed E-state index contributed by atoms with van der Waals surface area (Å²) in [6.07, 6.45) is 3.58. The number of benzene rings is 1. The van der Waals surface area contributed by atoms with Crippen molar-refractivity contribution in [3.05, 3.63) is 57.9 Å². The number of aryl methyl sites for hydroxylation is 3. The summed E-state index contributed by atoms with van der Waals surface area (Å²) in [7, 11) is -3.08. The van der Waals surface area contributed by atoms with Gasteiger partial charge in [0.05, 0.1) is 18.1 Å². The summed E-state index contributed by atoms with van der Waals surface area (Å²) in [6, 6.07) is 6.84. The smallest absolute Gasteiger partial charge is 0.325 e. The molecule has 1 aromatic heterocycles. The molecule has 2 fully saturated rings. The number of nitrogens with one attached hydrogen (secondary N) is 1. The Morgan fingerprint density at radius 2 is 1.88 bits per heavy atom. The molecule has 2 saturated heterocycles. The second-order valence-corrected chi connectivity index (χ2v) is 12.1. The van der Waals surface area contributed by atoms with Crippen molar-refractivity contribution in [1.82, 2.24) is 14.8 Å². The molecule has 34 heavy (non-hydrogen) atoms. The number of imide groups is 1. The van der Waals surface area contributed by atoms with Gasteiger partial charge in [0.25, 0.3) is 5.91 Å². The third-order valence-electron chi connectivity index (χ3n) is 7.61. The van der Waals surface area contributed by atoms with E-state index in [0.717, 1.165) is 35.4 Å². The average Bonchev–Trinajstić information content (AvgIpc) is 3.50. The van der Waals surface area contributed by atoms with E-state index >= 15 is 0 Å². The van der Waals surface area contributed by atoms with Crippen LogP contribution in [0.3, 0.4) is 0 Å². The monoisotopic (exact) mass is 483 g/mol. The maximum atomic E-state index is 13.4. The highest BCUT2D eigenvalue weighted by Gasteiger charge is 2.49. The normalized spacial score (nSPS) is 25.6. The third-order valence-corrected chi connectivity index (χ3v) is 9.36. The van der Waals surface area contributed by atoms with E-state index in [1.165, 1.54) is 11.1 Å². The van der Waals surface area contributed by atoms with Crippen molar-refractivity contribution in [3.63, 3.8) is 0 Å². The SMILES string of the molecule is Cc1cc(C(=O)CN2C(=O)N[C@](C)(c3ccc4c(c3)CCC4)C2=O)c(C)n1[C@@H]1CCS(=O)(=O)C1. The molecule has 2 atom stereocenters. The Morgan fingerprint density at radius 3 is 2.59 bits per heavy atom. The summed E-state index contributed by atoms with van der Waals surface area (Å²) in [5, 5.41) is 2.79. The molecule has 0 radical (unpaired) electrons. The van der Waals surface area contributed by atoms with Crippen molar-refractivity contribution in [1.29, 1.82) is 0 Å². The van der Waals surface area contributed by atoms with Crippen LogP contribution in [-0.4, -0.2) is 53.7 Å². The summed E-state index contributed by atoms with van der Waals surface area (Å²) in [4.78, 5) is 40.3. The highest BCUT2D eigenvalue weighted by atomic mass is 32.2. The molecule has 8 nitrogen and oxygen atoms in total. The van der Waals surface area contributed by atoms with E-state index in [9.17, 15) is 22.8 Å². The van der Waals surface area contributed by atoms with Crippen LogP contribution in [0.4, 0.5) is 4.79 Å². The summed E-state index contributed by atoms with van der Waals surface area (Å²) in [6.45, 7) is 4.94. The Bertz CT molecular complexity index is 1340. The van der Waals surface area contributed by atoms with Crippen LogP contribution >= 0.6 is 0 Å². The quantitative estimate of drug-likeness (QED) is 0.520. The van der Waals surface area contributed by atoms with Gasteiger partial charge in [-0.15, -0.1) is 0 Å². The first-order valence-electron chi connectivity index (χ1n) is 11.7. The van der Waals surface area contributed by atoms with E-state index in [2.05, 4.69) is 5.32 Å². The number of sulfone groups is 1. The maximum absolute atomic E-state index is 13.4. The molecule has 9 heteroatoms. The van der Waals surface area contributed by atoms with Crippen LogP contribution in [-0.2, 0) is 33.0 Å². The van der Waals surface area contributed by atoms with Crippen LogP contribution in [0.1, 0.15) is 64.2 Å². The van der Waals surface area contributed by atoms with Gasteiger partial charge < -0.3 is 9.88 Å². The Morgan fingerprint density at radius 1 is 1.15 bits per heavy atom. The maximum Gasteiger partial charge on any atom is 0.325 e. The fourth-order valence-electron chi connectivity index (χ4n) is 5.75. The van der Waals surface area contributed by atoms with Gasteiger partial charge >= 0.3 is 6.03 Å². The van der Waals surface area contributed by atoms with Gasteiger partial charge in [0.15, 0.2) is 15.6 Å². The van der Waals surface area contributed by atoms with Gasteiger partial charge in [0, 0.05) is 23.0 Å². The zero-order valence-corrected chi connectivity index (χ0v) is 20.5. The van der Waals surface area contributed by atoms with E-state index in [0.29, 0.717) is 17.7 Å². The number of fused-ring (bicyclic) bond motifs is 1. The first-order chi connectivity index (χ1) is 16.0. The molecule has 0 saturated carbocycles. The van der Waals surface area contributed by atoms with E-state index in [1.54, 1.807) is 19.9 Å². The van der Waals surface area contributed by atoms with Gasteiger partial charge in [0.1, 0.15) is 5.54 Å². The topological polar surface area (TPSA) is 106 Å². The first-order valence-corrected chi connectivity index (χ1v) is 13.5. The van der Waals surface area contributed by atoms with Crippen molar-refractivity contribution in [3.8, 4) is 0 Å². The van der Waals surface area contributed by atoms with E-state index in [1.807, 2.05) is 29.7 Å². The lowest BCUT2D eigenvalue weighted by Gasteiger charge is -2.23. The summed E-state index contributed by atoms with van der Waals surface area (Å²) >= 11 is 0. The molecule has 5 rings (SSSR count). The molecule has 3 heterocycles. The number of urea groups is 1. The zero-order chi connectivity index (χ0) is 24.4. The summed E-state index contributed by atoms with van der Waals surface area (Å²) in [5.74, 6) is -0.591. The van der Waals surface area contributed by atoms with Gasteiger partial charge in [-0.05, 0) is 69.2 Å². The molecular formula is C25H29N3O5S. The number of hydrogen-bond acceptors (Lipinski definition) is 5. The summed E-state index contributed by atoms with van der Waals surface area (Å²) in [5.41, 5.74) is 3.86. The molecule has 3 amide bonds. The number of carbonyl (C=O) groups excluding carboxylic acids is 3. The van der Waals surface area contributed by atoms with Crippen LogP contribution in [0.15, 0.2) is 24.3 Å². The van der Waals surface area contributed by atoms with Crippen LogP contribution in [0.5, 0.6) is 0 Å². The molecule has 1 aromatic carbocycles. The lowest BCUT2D eigenvalue weighted by Crippen LogP contribution is -2.41. The number of aromatic nitrogens is 1. The number of amides is 3. The Balaban J connectivity index is 1.38. The van der Waals surface area contributed by atoms with Gasteiger partial charge in [-0.1, -0.05) is 18.2 Å². The second-order valence-electron chi connectivity index (χ2n) is 9.92. The lowest BCUT2D eigenvalue weighted by molar-refractivity contribution is -0.130. The molecule has 180 valence electrons. The van der Waals surface area contributed by atoms with Crippen LogP contribution in [0, 0.1) is 13.8 Å². The van der Waals surface area contributed by atoms with Crippen molar-refractivity contribution >= 4 is 27.6 Å². The lowest BCUT2D eigenvalue weighted by atomic mass is 9.89. The van der Waals surface area contributed by atoms with Crippen LogP contribution in [0.25, 0.3) is 0 Å². The number of rotatable bonds is 5. The van der Waals surface area contributed by atoms with E-state index in [-0.39, 0.29) is 29.9 Å². The standard InChI is InChI=1S/C25H29N3O5S/c1-15-11-21(16(2)28(15)20-9-10-34(32,33)14-20)22(29)13-27-23(30)25(3,26-24(27)31)19-8-7-17-5-4-6-18(17)12-19/h7-8,11-12,20H,4-6,9-10,13-14H2,1-3H3,(H,26,31)/t20-,25-/m1/s1. The molecule has 0 unspecified atom stereocenters. The molecule has 3 aliphatic rings. The predicted molar refractivity (Wildman–Crippen MR) is 127 cm³/mol. The van der Waals surface area contributed by atoms with Gasteiger partial charge in [-0.2, -0.15) is 0 Å². The van der Waals surface area contributed by atoms with Gasteiger partial charge in [0.2, 0.25) is 0 Å². The van der Waals surface area contributed by atoms with Crippen molar-refractivity contribution in [2.45, 2.75) is 58.0 Å². The molecule has 1 aliphatic carbocycles. The third kappa shape index (κ3) is 3.57. The number of carbonyl (C=O) groups is 3. The van der Waals surface area contributed by atoms with E-state index in [4.69, 9.17) is 0 Å².